The lowest BCUT2D eigenvalue weighted by atomic mass is 9.84. The van der Waals surface area contributed by atoms with Gasteiger partial charge in [0.2, 0.25) is 0 Å². The van der Waals surface area contributed by atoms with Crippen LogP contribution < -0.4 is 5.32 Å². The zero-order valence-electron chi connectivity index (χ0n) is 11.2. The molecule has 1 nitrogen and oxygen atoms in total. The Balaban J connectivity index is 1.76. The Labute approximate surface area is 115 Å². The predicted octanol–water partition coefficient (Wildman–Crippen LogP) is 4.42. The maximum atomic E-state index is 5.87. The van der Waals surface area contributed by atoms with Crippen molar-refractivity contribution in [2.45, 2.75) is 33.2 Å². The summed E-state index contributed by atoms with van der Waals surface area (Å²) in [7, 11) is 0. The molecule has 0 amide bonds. The number of allylic oxidation sites excluding steroid dienone is 2. The second-order valence-electron chi connectivity index (χ2n) is 5.55. The molecule has 0 saturated heterocycles. The number of halogens is 1. The van der Waals surface area contributed by atoms with Gasteiger partial charge in [-0.05, 0) is 55.8 Å². The lowest BCUT2D eigenvalue weighted by molar-refractivity contribution is 0.381. The van der Waals surface area contributed by atoms with E-state index in [0.29, 0.717) is 0 Å². The molecular formula is C16H22ClN. The SMILES string of the molecule is CC1=CC(C)CC(CNCc2ccc(Cl)cc2)C1. The Hall–Kier alpha value is -0.790. The molecular weight excluding hydrogens is 242 g/mol. The summed E-state index contributed by atoms with van der Waals surface area (Å²) in [6, 6.07) is 8.08. The molecule has 2 heteroatoms. The largest absolute Gasteiger partial charge is 0.312 e. The molecule has 98 valence electrons. The van der Waals surface area contributed by atoms with E-state index in [1.807, 2.05) is 12.1 Å². The van der Waals surface area contributed by atoms with Crippen LogP contribution >= 0.6 is 11.6 Å². The van der Waals surface area contributed by atoms with Crippen molar-refractivity contribution in [1.29, 1.82) is 0 Å². The first kappa shape index (κ1) is 13.6. The van der Waals surface area contributed by atoms with Crippen LogP contribution in [-0.2, 0) is 6.54 Å². The van der Waals surface area contributed by atoms with Crippen LogP contribution in [-0.4, -0.2) is 6.54 Å². The third-order valence-corrected chi connectivity index (χ3v) is 3.81. The van der Waals surface area contributed by atoms with Crippen LogP contribution in [0.5, 0.6) is 0 Å². The minimum atomic E-state index is 0.737. The molecule has 1 aromatic rings. The summed E-state index contributed by atoms with van der Waals surface area (Å²) in [5, 5.41) is 4.37. The molecule has 0 bridgehead atoms. The normalized spacial score (nSPS) is 23.8. The summed E-state index contributed by atoms with van der Waals surface area (Å²) in [5.41, 5.74) is 2.85. The first-order chi connectivity index (χ1) is 8.63. The number of hydrogen-bond acceptors (Lipinski definition) is 1. The van der Waals surface area contributed by atoms with E-state index in [0.717, 1.165) is 29.9 Å². The van der Waals surface area contributed by atoms with Crippen LogP contribution in [0.25, 0.3) is 0 Å². The van der Waals surface area contributed by atoms with Gasteiger partial charge < -0.3 is 5.32 Å². The van der Waals surface area contributed by atoms with E-state index in [-0.39, 0.29) is 0 Å². The Morgan fingerprint density at radius 3 is 2.67 bits per heavy atom. The zero-order valence-corrected chi connectivity index (χ0v) is 12.0. The van der Waals surface area contributed by atoms with Crippen molar-refractivity contribution in [2.24, 2.45) is 11.8 Å². The lowest BCUT2D eigenvalue weighted by Crippen LogP contribution is -2.25. The van der Waals surface area contributed by atoms with E-state index >= 15 is 0 Å². The van der Waals surface area contributed by atoms with Gasteiger partial charge in [0.05, 0.1) is 0 Å². The van der Waals surface area contributed by atoms with Gasteiger partial charge in [-0.3, -0.25) is 0 Å². The van der Waals surface area contributed by atoms with Gasteiger partial charge in [-0.25, -0.2) is 0 Å². The van der Waals surface area contributed by atoms with Crippen LogP contribution in [0.1, 0.15) is 32.3 Å². The van der Waals surface area contributed by atoms with Crippen LogP contribution in [0.3, 0.4) is 0 Å². The molecule has 2 rings (SSSR count). The number of benzene rings is 1. The van der Waals surface area contributed by atoms with Gasteiger partial charge in [-0.15, -0.1) is 0 Å². The molecule has 1 aliphatic rings. The fourth-order valence-electron chi connectivity index (χ4n) is 2.86. The number of hydrogen-bond donors (Lipinski definition) is 1. The van der Waals surface area contributed by atoms with Gasteiger partial charge in [-0.2, -0.15) is 0 Å². The van der Waals surface area contributed by atoms with Crippen molar-refractivity contribution >= 4 is 11.6 Å². The molecule has 0 aliphatic heterocycles. The van der Waals surface area contributed by atoms with Crippen molar-refractivity contribution in [2.75, 3.05) is 6.54 Å². The summed E-state index contributed by atoms with van der Waals surface area (Å²) in [6.45, 7) is 6.61. The fraction of sp³-hybridized carbons (Fsp3) is 0.500. The molecule has 1 aliphatic carbocycles. The molecule has 0 heterocycles. The monoisotopic (exact) mass is 263 g/mol. The van der Waals surface area contributed by atoms with E-state index in [9.17, 15) is 0 Å². The first-order valence-electron chi connectivity index (χ1n) is 6.76. The fourth-order valence-corrected chi connectivity index (χ4v) is 2.99. The maximum absolute atomic E-state index is 5.87. The summed E-state index contributed by atoms with van der Waals surface area (Å²) >= 11 is 5.87. The smallest absolute Gasteiger partial charge is 0.0406 e. The summed E-state index contributed by atoms with van der Waals surface area (Å²) in [5.74, 6) is 1.53. The lowest BCUT2D eigenvalue weighted by Gasteiger charge is -2.25. The highest BCUT2D eigenvalue weighted by molar-refractivity contribution is 6.30. The Morgan fingerprint density at radius 2 is 2.00 bits per heavy atom. The highest BCUT2D eigenvalue weighted by Crippen LogP contribution is 2.27. The first-order valence-corrected chi connectivity index (χ1v) is 7.13. The topological polar surface area (TPSA) is 12.0 Å². The van der Waals surface area contributed by atoms with Crippen molar-refractivity contribution < 1.29 is 0 Å². The standard InChI is InChI=1S/C16H22ClN/c1-12-7-13(2)9-15(8-12)11-18-10-14-3-5-16(17)6-4-14/h3-7,12,15,18H,8-11H2,1-2H3. The van der Waals surface area contributed by atoms with Gasteiger partial charge in [0.1, 0.15) is 0 Å². The number of nitrogens with one attached hydrogen (secondary N) is 1. The summed E-state index contributed by atoms with van der Waals surface area (Å²) < 4.78 is 0. The summed E-state index contributed by atoms with van der Waals surface area (Å²) in [6.07, 6.45) is 4.97. The molecule has 0 spiro atoms. The van der Waals surface area contributed by atoms with Gasteiger partial charge in [0.25, 0.3) is 0 Å². The molecule has 0 radical (unpaired) electrons. The third-order valence-electron chi connectivity index (χ3n) is 3.56. The van der Waals surface area contributed by atoms with Crippen LogP contribution in [0, 0.1) is 11.8 Å². The van der Waals surface area contributed by atoms with E-state index in [1.54, 1.807) is 5.57 Å². The molecule has 2 atom stereocenters. The van der Waals surface area contributed by atoms with Gasteiger partial charge >= 0.3 is 0 Å². The van der Waals surface area contributed by atoms with Crippen LogP contribution in [0.4, 0.5) is 0 Å². The highest BCUT2D eigenvalue weighted by Gasteiger charge is 2.17. The molecule has 1 N–H and O–H groups in total. The maximum Gasteiger partial charge on any atom is 0.0406 e. The minimum Gasteiger partial charge on any atom is -0.312 e. The molecule has 0 fully saturated rings. The van der Waals surface area contributed by atoms with Crippen molar-refractivity contribution in [3.05, 3.63) is 46.5 Å². The van der Waals surface area contributed by atoms with E-state index in [2.05, 4.69) is 37.4 Å². The van der Waals surface area contributed by atoms with Crippen molar-refractivity contribution in [1.82, 2.24) is 5.32 Å². The third kappa shape index (κ3) is 4.15. The molecule has 0 saturated carbocycles. The Kier molecular flexibility index (Phi) is 4.85. The number of rotatable bonds is 4. The van der Waals surface area contributed by atoms with E-state index < -0.39 is 0 Å². The zero-order chi connectivity index (χ0) is 13.0. The minimum absolute atomic E-state index is 0.737. The average molecular weight is 264 g/mol. The summed E-state index contributed by atoms with van der Waals surface area (Å²) in [4.78, 5) is 0. The Bertz CT molecular complexity index is 408. The van der Waals surface area contributed by atoms with Crippen LogP contribution in [0.2, 0.25) is 5.02 Å². The Morgan fingerprint density at radius 1 is 1.28 bits per heavy atom. The quantitative estimate of drug-likeness (QED) is 0.793. The van der Waals surface area contributed by atoms with Gasteiger partial charge in [0.15, 0.2) is 0 Å². The van der Waals surface area contributed by atoms with E-state index in [1.165, 1.54) is 18.4 Å². The predicted molar refractivity (Wildman–Crippen MR) is 78.8 cm³/mol. The second-order valence-corrected chi connectivity index (χ2v) is 5.99. The van der Waals surface area contributed by atoms with Gasteiger partial charge in [-0.1, -0.05) is 42.3 Å². The average Bonchev–Trinajstić information content (AvgIpc) is 2.30. The van der Waals surface area contributed by atoms with Crippen molar-refractivity contribution in [3.8, 4) is 0 Å². The molecule has 18 heavy (non-hydrogen) atoms. The molecule has 2 unspecified atom stereocenters. The van der Waals surface area contributed by atoms with Crippen LogP contribution in [0.15, 0.2) is 35.9 Å². The van der Waals surface area contributed by atoms with Crippen molar-refractivity contribution in [3.63, 3.8) is 0 Å². The molecule has 1 aromatic carbocycles. The van der Waals surface area contributed by atoms with E-state index in [4.69, 9.17) is 11.6 Å². The highest BCUT2D eigenvalue weighted by atomic mass is 35.5. The second kappa shape index (κ2) is 6.40. The van der Waals surface area contributed by atoms with Gasteiger partial charge in [0, 0.05) is 11.6 Å². The molecule has 0 aromatic heterocycles.